The van der Waals surface area contributed by atoms with Gasteiger partial charge in [0, 0.05) is 0 Å². The third kappa shape index (κ3) is 3.42. The van der Waals surface area contributed by atoms with E-state index in [-0.39, 0.29) is 29.3 Å². The van der Waals surface area contributed by atoms with E-state index in [2.05, 4.69) is 20.8 Å². The van der Waals surface area contributed by atoms with Crippen molar-refractivity contribution in [2.45, 2.75) is 84.2 Å². The molecule has 0 heterocycles. The molecule has 0 unspecified atom stereocenters. The molecule has 0 amide bonds. The molecule has 0 bridgehead atoms. The molecule has 25 heavy (non-hydrogen) atoms. The van der Waals surface area contributed by atoms with Crippen LogP contribution in [0.25, 0.3) is 0 Å². The standard InChI is InChI=1S/C20H36O5/c1-12(13(22)11-21)7-8-14-19(4)10-6-9-18(2,3)16(19)15(23)17(24)20(14,5)25/h7,13-17,21-25H,6,8-11H2,1-5H3/b12-7-/t13-,14-,15-,16+,17+,19-,20+/m1/s1. The summed E-state index contributed by atoms with van der Waals surface area (Å²) >= 11 is 0. The third-order valence-electron chi connectivity index (χ3n) is 7.23. The summed E-state index contributed by atoms with van der Waals surface area (Å²) in [4.78, 5) is 0. The number of allylic oxidation sites excluding steroid dienone is 1. The fraction of sp³-hybridized carbons (Fsp3) is 0.900. The van der Waals surface area contributed by atoms with Crippen LogP contribution < -0.4 is 0 Å². The number of aliphatic hydroxyl groups excluding tert-OH is 4. The quantitative estimate of drug-likeness (QED) is 0.493. The molecule has 0 saturated heterocycles. The Morgan fingerprint density at radius 1 is 1.16 bits per heavy atom. The normalized spacial score (nSPS) is 45.8. The molecule has 7 atom stereocenters. The van der Waals surface area contributed by atoms with Crippen LogP contribution in [-0.2, 0) is 0 Å². The van der Waals surface area contributed by atoms with Gasteiger partial charge in [0.25, 0.3) is 0 Å². The van der Waals surface area contributed by atoms with Gasteiger partial charge in [-0.15, -0.1) is 0 Å². The van der Waals surface area contributed by atoms with Crippen LogP contribution in [0.4, 0.5) is 0 Å². The second-order valence-electron chi connectivity index (χ2n) is 9.42. The Morgan fingerprint density at radius 2 is 1.76 bits per heavy atom. The third-order valence-corrected chi connectivity index (χ3v) is 7.23. The highest BCUT2D eigenvalue weighted by molar-refractivity contribution is 5.16. The molecule has 0 aliphatic heterocycles. The zero-order valence-electron chi connectivity index (χ0n) is 16.2. The predicted octanol–water partition coefficient (Wildman–Crippen LogP) is 1.61. The molecule has 2 rings (SSSR count). The van der Waals surface area contributed by atoms with Crippen LogP contribution in [0.15, 0.2) is 11.6 Å². The second-order valence-corrected chi connectivity index (χ2v) is 9.42. The molecule has 5 N–H and O–H groups in total. The maximum atomic E-state index is 11.1. The van der Waals surface area contributed by atoms with Crippen LogP contribution in [0.2, 0.25) is 0 Å². The van der Waals surface area contributed by atoms with Gasteiger partial charge in [-0.25, -0.2) is 0 Å². The van der Waals surface area contributed by atoms with E-state index in [0.717, 1.165) is 19.3 Å². The van der Waals surface area contributed by atoms with Crippen LogP contribution in [-0.4, -0.2) is 56.1 Å². The molecule has 5 heteroatoms. The van der Waals surface area contributed by atoms with Crippen molar-refractivity contribution < 1.29 is 25.5 Å². The van der Waals surface area contributed by atoms with Crippen LogP contribution in [0.3, 0.4) is 0 Å². The van der Waals surface area contributed by atoms with Crippen LogP contribution in [0.5, 0.6) is 0 Å². The predicted molar refractivity (Wildman–Crippen MR) is 96.8 cm³/mol. The van der Waals surface area contributed by atoms with Gasteiger partial charge < -0.3 is 25.5 Å². The molecule has 0 aromatic heterocycles. The van der Waals surface area contributed by atoms with E-state index < -0.39 is 23.9 Å². The minimum absolute atomic E-state index is 0.106. The molecular formula is C20H36O5. The second kappa shape index (κ2) is 6.93. The molecule has 5 nitrogen and oxygen atoms in total. The Kier molecular flexibility index (Phi) is 5.78. The summed E-state index contributed by atoms with van der Waals surface area (Å²) in [5, 5.41) is 51.5. The molecule has 0 aromatic carbocycles. The molecule has 146 valence electrons. The van der Waals surface area contributed by atoms with Crippen molar-refractivity contribution in [2.75, 3.05) is 6.61 Å². The van der Waals surface area contributed by atoms with Crippen molar-refractivity contribution in [2.24, 2.45) is 22.7 Å². The van der Waals surface area contributed by atoms with Gasteiger partial charge in [-0.1, -0.05) is 33.3 Å². The summed E-state index contributed by atoms with van der Waals surface area (Å²) in [6, 6.07) is 0. The van der Waals surface area contributed by atoms with Crippen molar-refractivity contribution in [1.29, 1.82) is 0 Å². The van der Waals surface area contributed by atoms with Crippen molar-refractivity contribution in [3.63, 3.8) is 0 Å². The Bertz CT molecular complexity index is 512. The van der Waals surface area contributed by atoms with E-state index in [1.165, 1.54) is 0 Å². The first-order valence-corrected chi connectivity index (χ1v) is 9.43. The van der Waals surface area contributed by atoms with Gasteiger partial charge >= 0.3 is 0 Å². The molecule has 2 aliphatic carbocycles. The highest BCUT2D eigenvalue weighted by Gasteiger charge is 2.64. The molecule has 0 aromatic rings. The highest BCUT2D eigenvalue weighted by atomic mass is 16.4. The van der Waals surface area contributed by atoms with Crippen LogP contribution >= 0.6 is 0 Å². The first kappa shape index (κ1) is 20.8. The highest BCUT2D eigenvalue weighted by Crippen LogP contribution is 2.62. The van der Waals surface area contributed by atoms with Crippen LogP contribution in [0.1, 0.15) is 60.3 Å². The SMILES string of the molecule is C/C(=C/C[C@H]1[C@](C)(O)[C@@H](O)[C@H](O)[C@H]2C(C)(C)CCC[C@@]21C)[C@H](O)CO. The monoisotopic (exact) mass is 356 g/mol. The van der Waals surface area contributed by atoms with Gasteiger partial charge in [0.2, 0.25) is 0 Å². The van der Waals surface area contributed by atoms with E-state index >= 15 is 0 Å². The lowest BCUT2D eigenvalue weighted by Gasteiger charge is -2.64. The number of rotatable bonds is 4. The van der Waals surface area contributed by atoms with Crippen LogP contribution in [0, 0.1) is 22.7 Å². The van der Waals surface area contributed by atoms with Gasteiger partial charge in [-0.2, -0.15) is 0 Å². The number of fused-ring (bicyclic) bond motifs is 1. The van der Waals surface area contributed by atoms with Crippen molar-refractivity contribution in [3.05, 3.63) is 11.6 Å². The largest absolute Gasteiger partial charge is 0.393 e. The van der Waals surface area contributed by atoms with Gasteiger partial charge in [-0.05, 0) is 61.3 Å². The van der Waals surface area contributed by atoms with Crippen molar-refractivity contribution in [3.8, 4) is 0 Å². The molecular weight excluding hydrogens is 320 g/mol. The number of hydrogen-bond acceptors (Lipinski definition) is 5. The fourth-order valence-electron chi connectivity index (χ4n) is 5.87. The Hall–Kier alpha value is -0.460. The Balaban J connectivity index is 2.44. The molecule has 2 aliphatic rings. The average Bonchev–Trinajstić information content (AvgIpc) is 2.50. The summed E-state index contributed by atoms with van der Waals surface area (Å²) < 4.78 is 0. The smallest absolute Gasteiger partial charge is 0.109 e. The zero-order valence-corrected chi connectivity index (χ0v) is 16.2. The van der Waals surface area contributed by atoms with Gasteiger partial charge in [-0.3, -0.25) is 0 Å². The first-order chi connectivity index (χ1) is 11.4. The lowest BCUT2D eigenvalue weighted by atomic mass is 9.43. The minimum atomic E-state index is -1.42. The summed E-state index contributed by atoms with van der Waals surface area (Å²) in [6.45, 7) is 9.43. The zero-order chi connectivity index (χ0) is 19.2. The summed E-state index contributed by atoms with van der Waals surface area (Å²) in [6.07, 6.45) is 2.18. The van der Waals surface area contributed by atoms with Crippen molar-refractivity contribution >= 4 is 0 Å². The minimum Gasteiger partial charge on any atom is -0.393 e. The van der Waals surface area contributed by atoms with E-state index in [9.17, 15) is 20.4 Å². The number of aliphatic hydroxyl groups is 5. The van der Waals surface area contributed by atoms with Gasteiger partial charge in [0.15, 0.2) is 0 Å². The summed E-state index contributed by atoms with van der Waals surface area (Å²) in [5.74, 6) is -0.353. The van der Waals surface area contributed by atoms with Crippen molar-refractivity contribution in [1.82, 2.24) is 0 Å². The van der Waals surface area contributed by atoms with Gasteiger partial charge in [0.05, 0.1) is 24.4 Å². The molecule has 0 spiro atoms. The maximum Gasteiger partial charge on any atom is 0.109 e. The molecule has 2 fully saturated rings. The summed E-state index contributed by atoms with van der Waals surface area (Å²) in [7, 11) is 0. The summed E-state index contributed by atoms with van der Waals surface area (Å²) in [5.41, 5.74) is -1.19. The topological polar surface area (TPSA) is 101 Å². The van der Waals surface area contributed by atoms with Gasteiger partial charge in [0.1, 0.15) is 6.10 Å². The molecule has 2 saturated carbocycles. The van der Waals surface area contributed by atoms with E-state index in [0.29, 0.717) is 12.0 Å². The lowest BCUT2D eigenvalue weighted by molar-refractivity contribution is -0.265. The Labute approximate surface area is 151 Å². The lowest BCUT2D eigenvalue weighted by Crippen LogP contribution is -2.69. The first-order valence-electron chi connectivity index (χ1n) is 9.43. The maximum absolute atomic E-state index is 11.1. The molecule has 0 radical (unpaired) electrons. The fourth-order valence-corrected chi connectivity index (χ4v) is 5.87. The van der Waals surface area contributed by atoms with E-state index in [1.54, 1.807) is 13.8 Å². The van der Waals surface area contributed by atoms with E-state index in [4.69, 9.17) is 5.11 Å². The number of hydrogen-bond donors (Lipinski definition) is 5. The average molecular weight is 357 g/mol. The Morgan fingerprint density at radius 3 is 2.32 bits per heavy atom. The van der Waals surface area contributed by atoms with E-state index in [1.807, 2.05) is 6.08 Å².